The van der Waals surface area contributed by atoms with Crippen LogP contribution in [0.1, 0.15) is 27.7 Å². The molecule has 6 nitrogen and oxygen atoms in total. The van der Waals surface area contributed by atoms with E-state index >= 15 is 0 Å². The van der Waals surface area contributed by atoms with Crippen molar-refractivity contribution in [3.63, 3.8) is 0 Å². The van der Waals surface area contributed by atoms with E-state index in [4.69, 9.17) is 14.2 Å². The molecule has 7 heteroatoms. The molecule has 5 atom stereocenters. The van der Waals surface area contributed by atoms with Crippen LogP contribution in [0.5, 0.6) is 0 Å². The molecule has 1 rings (SSSR count). The molecule has 0 aromatic carbocycles. The average molecular weight is 320 g/mol. The summed E-state index contributed by atoms with van der Waals surface area (Å²) in [5.41, 5.74) is 0. The highest BCUT2D eigenvalue weighted by molar-refractivity contribution is 7.62. The first-order chi connectivity index (χ1) is 9.51. The largest absolute Gasteiger partial charge is 0.455 e. The SMILES string of the molecule is CC(=O)OC1O[C@H]([C@H](C)CP(C)(C)=O)[C@@H](C)[C@H]1OC(C)=O. The maximum atomic E-state index is 12.0. The molecule has 0 aliphatic carbocycles. The molecule has 21 heavy (non-hydrogen) atoms. The second-order valence-electron chi connectivity index (χ2n) is 6.25. The summed E-state index contributed by atoms with van der Waals surface area (Å²) in [6, 6.07) is 0. The van der Waals surface area contributed by atoms with Crippen molar-refractivity contribution in [3.8, 4) is 0 Å². The van der Waals surface area contributed by atoms with Gasteiger partial charge in [-0.2, -0.15) is 0 Å². The van der Waals surface area contributed by atoms with E-state index in [2.05, 4.69) is 0 Å². The van der Waals surface area contributed by atoms with Gasteiger partial charge in [0.2, 0.25) is 6.29 Å². The molecule has 0 amide bonds. The first-order valence-corrected chi connectivity index (χ1v) is 9.84. The normalized spacial score (nSPS) is 30.8. The lowest BCUT2D eigenvalue weighted by Crippen LogP contribution is -2.34. The van der Waals surface area contributed by atoms with Crippen LogP contribution in [-0.4, -0.2) is 49.9 Å². The number of hydrogen-bond acceptors (Lipinski definition) is 6. The van der Waals surface area contributed by atoms with Gasteiger partial charge in [0, 0.05) is 25.9 Å². The zero-order chi connectivity index (χ0) is 16.4. The zero-order valence-electron chi connectivity index (χ0n) is 13.5. The average Bonchev–Trinajstić information content (AvgIpc) is 2.54. The van der Waals surface area contributed by atoms with Crippen LogP contribution in [0.4, 0.5) is 0 Å². The van der Waals surface area contributed by atoms with Crippen LogP contribution >= 0.6 is 7.14 Å². The Labute approximate surface area is 125 Å². The molecule has 0 aromatic rings. The Morgan fingerprint density at radius 2 is 1.71 bits per heavy atom. The third-order valence-corrected chi connectivity index (χ3v) is 4.92. The molecule has 1 fully saturated rings. The van der Waals surface area contributed by atoms with Gasteiger partial charge < -0.3 is 18.8 Å². The third-order valence-electron chi connectivity index (χ3n) is 3.47. The van der Waals surface area contributed by atoms with Gasteiger partial charge in [0.05, 0.1) is 13.2 Å². The minimum Gasteiger partial charge on any atom is -0.455 e. The second-order valence-corrected chi connectivity index (χ2v) is 9.76. The summed E-state index contributed by atoms with van der Waals surface area (Å²) in [6.45, 7) is 9.88. The van der Waals surface area contributed by atoms with Gasteiger partial charge in [0.1, 0.15) is 0 Å². The van der Waals surface area contributed by atoms with Gasteiger partial charge in [-0.15, -0.1) is 0 Å². The Kier molecular flexibility index (Phi) is 6.00. The maximum absolute atomic E-state index is 12.0. The highest BCUT2D eigenvalue weighted by Gasteiger charge is 2.48. The zero-order valence-corrected chi connectivity index (χ0v) is 14.4. The number of carbonyl (C=O) groups is 2. The van der Waals surface area contributed by atoms with E-state index < -0.39 is 31.5 Å². The molecule has 1 saturated heterocycles. The summed E-state index contributed by atoms with van der Waals surface area (Å²) >= 11 is 0. The Morgan fingerprint density at radius 3 is 2.14 bits per heavy atom. The van der Waals surface area contributed by atoms with Crippen LogP contribution in [0, 0.1) is 11.8 Å². The van der Waals surface area contributed by atoms with E-state index in [1.807, 2.05) is 13.8 Å². The smallest absolute Gasteiger partial charge is 0.305 e. The van der Waals surface area contributed by atoms with Crippen LogP contribution in [0.3, 0.4) is 0 Å². The Bertz CT molecular complexity index is 443. The molecule has 1 aliphatic rings. The van der Waals surface area contributed by atoms with Crippen LogP contribution in [-0.2, 0) is 28.4 Å². The predicted molar refractivity (Wildman–Crippen MR) is 78.6 cm³/mol. The fourth-order valence-corrected chi connectivity index (χ4v) is 4.45. The van der Waals surface area contributed by atoms with Crippen molar-refractivity contribution in [2.75, 3.05) is 19.5 Å². The molecular formula is C14H25O6P. The standard InChI is InChI=1S/C14H25O6P/c1-8(7-21(5,6)17)12-9(2)13(18-10(3)15)14(20-12)19-11(4)16/h8-9,12-14H,7H2,1-6H3/t8-,9-,12-,13-,14?/m1/s1. The molecule has 0 N–H and O–H groups in total. The van der Waals surface area contributed by atoms with Crippen LogP contribution in [0.15, 0.2) is 0 Å². The predicted octanol–water partition coefficient (Wildman–Crippen LogP) is 2.10. The van der Waals surface area contributed by atoms with Gasteiger partial charge in [0.15, 0.2) is 6.10 Å². The van der Waals surface area contributed by atoms with Gasteiger partial charge in [-0.1, -0.05) is 13.8 Å². The first-order valence-electron chi connectivity index (χ1n) is 7.05. The van der Waals surface area contributed by atoms with Crippen molar-refractivity contribution in [1.82, 2.24) is 0 Å². The summed E-state index contributed by atoms with van der Waals surface area (Å²) in [5.74, 6) is -1.06. The Morgan fingerprint density at radius 1 is 1.19 bits per heavy atom. The number of carbonyl (C=O) groups excluding carboxylic acids is 2. The van der Waals surface area contributed by atoms with Crippen molar-refractivity contribution in [2.45, 2.75) is 46.2 Å². The molecule has 1 aliphatic heterocycles. The molecule has 0 aromatic heterocycles. The van der Waals surface area contributed by atoms with E-state index in [0.717, 1.165) is 0 Å². The van der Waals surface area contributed by atoms with Crippen molar-refractivity contribution in [2.24, 2.45) is 11.8 Å². The van der Waals surface area contributed by atoms with Crippen molar-refractivity contribution in [1.29, 1.82) is 0 Å². The lowest BCUT2D eigenvalue weighted by Gasteiger charge is -2.24. The molecule has 0 bridgehead atoms. The molecule has 0 radical (unpaired) electrons. The van der Waals surface area contributed by atoms with Crippen molar-refractivity contribution in [3.05, 3.63) is 0 Å². The Balaban J connectivity index is 2.86. The minimum atomic E-state index is -2.19. The van der Waals surface area contributed by atoms with Gasteiger partial charge in [0.25, 0.3) is 0 Å². The monoisotopic (exact) mass is 320 g/mol. The van der Waals surface area contributed by atoms with Gasteiger partial charge in [-0.05, 0) is 19.2 Å². The summed E-state index contributed by atoms with van der Waals surface area (Å²) < 4.78 is 28.1. The van der Waals surface area contributed by atoms with E-state index in [1.54, 1.807) is 13.3 Å². The second kappa shape index (κ2) is 6.93. The molecule has 122 valence electrons. The Hall–Kier alpha value is -0.870. The highest BCUT2D eigenvalue weighted by Crippen LogP contribution is 2.43. The number of esters is 2. The molecule has 0 saturated carbocycles. The molecule has 0 spiro atoms. The van der Waals surface area contributed by atoms with Gasteiger partial charge in [-0.3, -0.25) is 9.59 Å². The van der Waals surface area contributed by atoms with E-state index in [1.165, 1.54) is 13.8 Å². The molecule has 1 heterocycles. The van der Waals surface area contributed by atoms with Gasteiger partial charge >= 0.3 is 11.9 Å². The minimum absolute atomic E-state index is 0.0134. The van der Waals surface area contributed by atoms with E-state index in [9.17, 15) is 14.2 Å². The van der Waals surface area contributed by atoms with Crippen LogP contribution in [0.25, 0.3) is 0 Å². The number of ether oxygens (including phenoxy) is 3. The quantitative estimate of drug-likeness (QED) is 0.570. The highest BCUT2D eigenvalue weighted by atomic mass is 31.2. The fourth-order valence-electron chi connectivity index (χ4n) is 2.85. The maximum Gasteiger partial charge on any atom is 0.305 e. The number of rotatable bonds is 5. The summed E-state index contributed by atoms with van der Waals surface area (Å²) in [6.07, 6.45) is -1.28. The fraction of sp³-hybridized carbons (Fsp3) is 0.857. The number of hydrogen-bond donors (Lipinski definition) is 0. The molecule has 1 unspecified atom stereocenters. The third kappa shape index (κ3) is 5.44. The summed E-state index contributed by atoms with van der Waals surface area (Å²) in [4.78, 5) is 22.4. The van der Waals surface area contributed by atoms with Crippen molar-refractivity contribution >= 4 is 19.1 Å². The van der Waals surface area contributed by atoms with E-state index in [-0.39, 0.29) is 17.9 Å². The first kappa shape index (κ1) is 18.2. The molecular weight excluding hydrogens is 295 g/mol. The summed E-state index contributed by atoms with van der Waals surface area (Å²) in [5, 5.41) is 0. The van der Waals surface area contributed by atoms with Gasteiger partial charge in [-0.25, -0.2) is 0 Å². The topological polar surface area (TPSA) is 78.9 Å². The van der Waals surface area contributed by atoms with E-state index in [0.29, 0.717) is 6.16 Å². The van der Waals surface area contributed by atoms with Crippen molar-refractivity contribution < 1.29 is 28.4 Å². The van der Waals surface area contributed by atoms with Crippen LogP contribution < -0.4 is 0 Å². The lowest BCUT2D eigenvalue weighted by atomic mass is 9.92. The van der Waals surface area contributed by atoms with Crippen LogP contribution in [0.2, 0.25) is 0 Å². The lowest BCUT2D eigenvalue weighted by molar-refractivity contribution is -0.196. The summed E-state index contributed by atoms with van der Waals surface area (Å²) in [7, 11) is -2.19.